The fraction of sp³-hybridized carbons (Fsp3) is 0.833. The molecule has 0 bridgehead atoms. The first-order valence-corrected chi connectivity index (χ1v) is 6.47. The van der Waals surface area contributed by atoms with Gasteiger partial charge < -0.3 is 15.1 Å². The molecule has 1 N–H and O–H groups in total. The van der Waals surface area contributed by atoms with Gasteiger partial charge in [0.05, 0.1) is 0 Å². The van der Waals surface area contributed by atoms with E-state index in [0.29, 0.717) is 18.2 Å². The van der Waals surface area contributed by atoms with E-state index in [9.17, 15) is 4.79 Å². The Kier molecular flexibility index (Phi) is 3.82. The molecule has 0 saturated carbocycles. The molecule has 2 unspecified atom stereocenters. The van der Waals surface area contributed by atoms with Crippen molar-refractivity contribution in [1.82, 2.24) is 10.2 Å². The quantitative estimate of drug-likeness (QED) is 0.773. The van der Waals surface area contributed by atoms with Crippen molar-refractivity contribution in [2.75, 3.05) is 19.6 Å². The molecule has 3 aliphatic rings. The van der Waals surface area contributed by atoms with Crippen LogP contribution in [0, 0.1) is 0 Å². The molecule has 3 rings (SSSR count). The highest BCUT2D eigenvalue weighted by molar-refractivity contribution is 6.39. The number of oxime groups is 1. The predicted octanol–water partition coefficient (Wildman–Crippen LogP) is 0.927. The summed E-state index contributed by atoms with van der Waals surface area (Å²) < 4.78 is 0. The Hall–Kier alpha value is -0.810. The van der Waals surface area contributed by atoms with Gasteiger partial charge in [0, 0.05) is 32.0 Å². The average molecular weight is 274 g/mol. The van der Waals surface area contributed by atoms with Crippen LogP contribution in [0.25, 0.3) is 0 Å². The molecule has 2 atom stereocenters. The van der Waals surface area contributed by atoms with Gasteiger partial charge in [-0.2, -0.15) is 0 Å². The third-order valence-electron chi connectivity index (χ3n) is 4.10. The Morgan fingerprint density at radius 1 is 1.61 bits per heavy atom. The molecule has 2 saturated heterocycles. The van der Waals surface area contributed by atoms with Gasteiger partial charge in [-0.15, -0.1) is 12.4 Å². The molecule has 0 aromatic rings. The molecule has 1 amide bonds. The number of amides is 1. The van der Waals surface area contributed by atoms with E-state index >= 15 is 0 Å². The van der Waals surface area contributed by atoms with Crippen molar-refractivity contribution in [3.63, 3.8) is 0 Å². The molecule has 0 aliphatic carbocycles. The number of halogens is 1. The van der Waals surface area contributed by atoms with Crippen LogP contribution in [0.3, 0.4) is 0 Å². The van der Waals surface area contributed by atoms with E-state index in [2.05, 4.69) is 17.4 Å². The normalized spacial score (nSPS) is 34.4. The van der Waals surface area contributed by atoms with E-state index in [1.54, 1.807) is 0 Å². The standard InChI is InChI=1S/C12H19N3O2.ClH/c1-9-3-2-6-15(9)11(16)10-7-12(17-14-10)4-5-13-8-12;/h9,13H,2-8H2,1H3;1H. The van der Waals surface area contributed by atoms with Crippen molar-refractivity contribution in [3.8, 4) is 0 Å². The number of carbonyl (C=O) groups excluding carboxylic acids is 1. The molecule has 1 spiro atoms. The highest BCUT2D eigenvalue weighted by Gasteiger charge is 2.45. The number of hydrogen-bond donors (Lipinski definition) is 1. The van der Waals surface area contributed by atoms with Crippen LogP contribution in [0.4, 0.5) is 0 Å². The van der Waals surface area contributed by atoms with Crippen LogP contribution < -0.4 is 5.32 Å². The summed E-state index contributed by atoms with van der Waals surface area (Å²) >= 11 is 0. The molecule has 6 heteroatoms. The fourth-order valence-corrected chi connectivity index (χ4v) is 2.99. The van der Waals surface area contributed by atoms with E-state index in [0.717, 1.165) is 38.9 Å². The second-order valence-electron chi connectivity index (χ2n) is 5.41. The summed E-state index contributed by atoms with van der Waals surface area (Å²) in [4.78, 5) is 19.7. The van der Waals surface area contributed by atoms with Crippen LogP contribution >= 0.6 is 12.4 Å². The van der Waals surface area contributed by atoms with Crippen LogP contribution in [0.2, 0.25) is 0 Å². The maximum Gasteiger partial charge on any atom is 0.272 e. The van der Waals surface area contributed by atoms with Gasteiger partial charge in [-0.3, -0.25) is 4.79 Å². The van der Waals surface area contributed by atoms with Gasteiger partial charge in [-0.25, -0.2) is 0 Å². The second-order valence-corrected chi connectivity index (χ2v) is 5.41. The fourth-order valence-electron chi connectivity index (χ4n) is 2.99. The van der Waals surface area contributed by atoms with E-state index in [-0.39, 0.29) is 23.9 Å². The minimum absolute atomic E-state index is 0. The van der Waals surface area contributed by atoms with E-state index in [1.807, 2.05) is 4.90 Å². The van der Waals surface area contributed by atoms with Gasteiger partial charge >= 0.3 is 0 Å². The molecule has 102 valence electrons. The number of nitrogens with one attached hydrogen (secondary N) is 1. The molecule has 0 radical (unpaired) electrons. The number of nitrogens with zero attached hydrogens (tertiary/aromatic N) is 2. The Bertz CT molecular complexity index is 366. The summed E-state index contributed by atoms with van der Waals surface area (Å²) in [5.41, 5.74) is 0.385. The molecule has 0 aromatic heterocycles. The van der Waals surface area contributed by atoms with Crippen molar-refractivity contribution in [2.45, 2.75) is 44.2 Å². The lowest BCUT2D eigenvalue weighted by Gasteiger charge is -2.22. The summed E-state index contributed by atoms with van der Waals surface area (Å²) in [7, 11) is 0. The average Bonchev–Trinajstić information content (AvgIpc) is 3.02. The van der Waals surface area contributed by atoms with Gasteiger partial charge in [-0.1, -0.05) is 5.16 Å². The Labute approximate surface area is 113 Å². The monoisotopic (exact) mass is 273 g/mol. The first-order valence-electron chi connectivity index (χ1n) is 6.47. The smallest absolute Gasteiger partial charge is 0.272 e. The van der Waals surface area contributed by atoms with Gasteiger partial charge in [0.15, 0.2) is 5.60 Å². The molecule has 0 aromatic carbocycles. The highest BCUT2D eigenvalue weighted by Crippen LogP contribution is 2.31. The SMILES string of the molecule is CC1CCCN1C(=O)C1=NOC2(CCNC2)C1.Cl. The molecular formula is C12H20ClN3O2. The highest BCUT2D eigenvalue weighted by atomic mass is 35.5. The summed E-state index contributed by atoms with van der Waals surface area (Å²) in [5, 5.41) is 7.30. The van der Waals surface area contributed by atoms with Crippen LogP contribution in [0.15, 0.2) is 5.16 Å². The third-order valence-corrected chi connectivity index (χ3v) is 4.10. The van der Waals surface area contributed by atoms with Gasteiger partial charge in [0.1, 0.15) is 5.71 Å². The Morgan fingerprint density at radius 3 is 3.06 bits per heavy atom. The minimum atomic E-state index is -0.228. The first kappa shape index (κ1) is 13.6. The van der Waals surface area contributed by atoms with Crippen molar-refractivity contribution in [1.29, 1.82) is 0 Å². The predicted molar refractivity (Wildman–Crippen MR) is 71.0 cm³/mol. The van der Waals surface area contributed by atoms with Crippen molar-refractivity contribution >= 4 is 24.0 Å². The lowest BCUT2D eigenvalue weighted by atomic mass is 9.96. The second kappa shape index (κ2) is 5.05. The lowest BCUT2D eigenvalue weighted by Crippen LogP contribution is -2.40. The molecule has 2 fully saturated rings. The van der Waals surface area contributed by atoms with E-state index < -0.39 is 0 Å². The molecule has 5 nitrogen and oxygen atoms in total. The van der Waals surface area contributed by atoms with Crippen LogP contribution in [0.1, 0.15) is 32.6 Å². The van der Waals surface area contributed by atoms with Gasteiger partial charge in [0.25, 0.3) is 5.91 Å². The van der Waals surface area contributed by atoms with E-state index in [4.69, 9.17) is 4.84 Å². The molecule has 3 aliphatic heterocycles. The zero-order valence-electron chi connectivity index (χ0n) is 10.6. The zero-order valence-corrected chi connectivity index (χ0v) is 11.5. The Morgan fingerprint density at radius 2 is 2.44 bits per heavy atom. The first-order chi connectivity index (χ1) is 8.20. The number of likely N-dealkylation sites (tertiary alicyclic amines) is 1. The van der Waals surface area contributed by atoms with Crippen molar-refractivity contribution in [2.24, 2.45) is 5.16 Å². The topological polar surface area (TPSA) is 53.9 Å². The zero-order chi connectivity index (χ0) is 11.9. The lowest BCUT2D eigenvalue weighted by molar-refractivity contribution is -0.124. The van der Waals surface area contributed by atoms with Crippen LogP contribution in [-0.4, -0.2) is 47.8 Å². The number of hydrogen-bond acceptors (Lipinski definition) is 4. The molecule has 18 heavy (non-hydrogen) atoms. The van der Waals surface area contributed by atoms with Crippen LogP contribution in [-0.2, 0) is 9.63 Å². The van der Waals surface area contributed by atoms with E-state index in [1.165, 1.54) is 0 Å². The van der Waals surface area contributed by atoms with Gasteiger partial charge in [0.2, 0.25) is 0 Å². The summed E-state index contributed by atoms with van der Waals surface area (Å²) in [6.07, 6.45) is 3.82. The minimum Gasteiger partial charge on any atom is -0.387 e. The van der Waals surface area contributed by atoms with Crippen molar-refractivity contribution < 1.29 is 9.63 Å². The molecular weight excluding hydrogens is 254 g/mol. The van der Waals surface area contributed by atoms with Crippen molar-refractivity contribution in [3.05, 3.63) is 0 Å². The number of rotatable bonds is 1. The molecule has 3 heterocycles. The largest absolute Gasteiger partial charge is 0.387 e. The maximum absolute atomic E-state index is 12.3. The summed E-state index contributed by atoms with van der Waals surface area (Å²) in [6.45, 7) is 4.73. The number of carbonyl (C=O) groups is 1. The maximum atomic E-state index is 12.3. The third kappa shape index (κ3) is 2.21. The summed E-state index contributed by atoms with van der Waals surface area (Å²) in [6, 6.07) is 0.350. The van der Waals surface area contributed by atoms with Gasteiger partial charge in [-0.05, 0) is 26.3 Å². The van der Waals surface area contributed by atoms with Crippen LogP contribution in [0.5, 0.6) is 0 Å². The summed E-state index contributed by atoms with van der Waals surface area (Å²) in [5.74, 6) is 0.0822. The Balaban J connectivity index is 0.00000120.